The third-order valence-electron chi connectivity index (χ3n) is 2.90. The average Bonchev–Trinajstić information content (AvgIpc) is 2.89. The fraction of sp³-hybridized carbons (Fsp3) is 0. The molecule has 0 spiro atoms. The summed E-state index contributed by atoms with van der Waals surface area (Å²) in [5.74, 6) is 0. The first-order chi connectivity index (χ1) is 8.33. The molecule has 2 heterocycles. The van der Waals surface area contributed by atoms with Crippen LogP contribution in [-0.2, 0) is 0 Å². The van der Waals surface area contributed by atoms with Crippen LogP contribution < -0.4 is 0 Å². The lowest BCUT2D eigenvalue weighted by Crippen LogP contribution is -1.71. The van der Waals surface area contributed by atoms with Crippen LogP contribution in [0, 0.1) is 0 Å². The van der Waals surface area contributed by atoms with E-state index in [4.69, 9.17) is 20.4 Å². The molecule has 0 saturated carbocycles. The molecule has 3 nitrogen and oxygen atoms in total. The van der Waals surface area contributed by atoms with Gasteiger partial charge in [-0.1, -0.05) is 11.6 Å². The number of oxazole rings is 1. The van der Waals surface area contributed by atoms with E-state index in [9.17, 15) is 0 Å². The van der Waals surface area contributed by atoms with Gasteiger partial charge in [-0.3, -0.25) is 0 Å². The number of rotatable bonds is 0. The highest BCUT2D eigenvalue weighted by Gasteiger charge is 2.12. The van der Waals surface area contributed by atoms with Gasteiger partial charge in [0.15, 0.2) is 12.0 Å². The summed E-state index contributed by atoms with van der Waals surface area (Å²) in [7, 11) is 0. The predicted octanol–water partition coefficient (Wildman–Crippen LogP) is 4.38. The Morgan fingerprint density at radius 1 is 1.00 bits per heavy atom. The molecule has 0 saturated heterocycles. The first-order valence-corrected chi connectivity index (χ1v) is 5.55. The summed E-state index contributed by atoms with van der Waals surface area (Å²) in [6.45, 7) is 0. The smallest absolute Gasteiger partial charge is 0.182 e. The fourth-order valence-corrected chi connectivity index (χ4v) is 2.33. The molecular weight excluding hydrogens is 238 g/mol. The summed E-state index contributed by atoms with van der Waals surface area (Å²) < 4.78 is 11.0. The van der Waals surface area contributed by atoms with Crippen molar-refractivity contribution < 1.29 is 8.83 Å². The molecule has 4 aromatic rings. The maximum atomic E-state index is 5.95. The lowest BCUT2D eigenvalue weighted by Gasteiger charge is -1.90. The Balaban J connectivity index is 2.35. The van der Waals surface area contributed by atoms with Crippen molar-refractivity contribution in [3.8, 4) is 0 Å². The third-order valence-corrected chi connectivity index (χ3v) is 3.13. The number of fused-ring (bicyclic) bond motifs is 5. The SMILES string of the molecule is Clc1ccc2c(c1)oc1ccc3ocnc3c12. The second-order valence-corrected chi connectivity index (χ2v) is 4.32. The zero-order valence-corrected chi connectivity index (χ0v) is 9.36. The van der Waals surface area contributed by atoms with Gasteiger partial charge in [0, 0.05) is 16.5 Å². The van der Waals surface area contributed by atoms with E-state index in [1.54, 1.807) is 0 Å². The molecule has 4 rings (SSSR count). The first-order valence-electron chi connectivity index (χ1n) is 5.17. The van der Waals surface area contributed by atoms with Crippen molar-refractivity contribution in [1.82, 2.24) is 4.98 Å². The van der Waals surface area contributed by atoms with Gasteiger partial charge in [0.2, 0.25) is 0 Å². The van der Waals surface area contributed by atoms with Crippen LogP contribution in [0.25, 0.3) is 33.0 Å². The summed E-state index contributed by atoms with van der Waals surface area (Å²) in [6.07, 6.45) is 1.44. The van der Waals surface area contributed by atoms with Gasteiger partial charge < -0.3 is 8.83 Å². The van der Waals surface area contributed by atoms with E-state index in [2.05, 4.69) is 4.98 Å². The minimum atomic E-state index is 0.660. The van der Waals surface area contributed by atoms with Crippen LogP contribution in [0.5, 0.6) is 0 Å². The maximum Gasteiger partial charge on any atom is 0.182 e. The van der Waals surface area contributed by atoms with Crippen molar-refractivity contribution in [2.24, 2.45) is 0 Å². The fourth-order valence-electron chi connectivity index (χ4n) is 2.16. The molecule has 0 unspecified atom stereocenters. The molecular formula is C13H6ClNO2. The van der Waals surface area contributed by atoms with Crippen LogP contribution in [0.15, 0.2) is 45.6 Å². The van der Waals surface area contributed by atoms with Crippen molar-refractivity contribution in [2.75, 3.05) is 0 Å². The van der Waals surface area contributed by atoms with Gasteiger partial charge in [0.25, 0.3) is 0 Å². The molecule has 0 N–H and O–H groups in total. The summed E-state index contributed by atoms with van der Waals surface area (Å²) in [4.78, 5) is 4.23. The van der Waals surface area contributed by atoms with E-state index in [-0.39, 0.29) is 0 Å². The number of benzene rings is 2. The van der Waals surface area contributed by atoms with E-state index in [0.29, 0.717) is 5.02 Å². The van der Waals surface area contributed by atoms with Crippen LogP contribution >= 0.6 is 11.6 Å². The standard InChI is InChI=1S/C13H6ClNO2/c14-7-1-2-8-11(5-7)17-9-3-4-10-13(12(8)9)15-6-16-10/h1-6H. The zero-order chi connectivity index (χ0) is 11.4. The highest BCUT2D eigenvalue weighted by atomic mass is 35.5. The molecule has 0 radical (unpaired) electrons. The van der Waals surface area contributed by atoms with E-state index in [1.807, 2.05) is 30.3 Å². The quantitative estimate of drug-likeness (QED) is 0.460. The monoisotopic (exact) mass is 243 g/mol. The van der Waals surface area contributed by atoms with Crippen molar-refractivity contribution >= 4 is 44.6 Å². The van der Waals surface area contributed by atoms with Gasteiger partial charge >= 0.3 is 0 Å². The van der Waals surface area contributed by atoms with Crippen molar-refractivity contribution in [1.29, 1.82) is 0 Å². The average molecular weight is 244 g/mol. The molecule has 0 fully saturated rings. The number of hydrogen-bond acceptors (Lipinski definition) is 3. The Labute approximate surface area is 101 Å². The second kappa shape index (κ2) is 3.02. The van der Waals surface area contributed by atoms with Crippen molar-refractivity contribution in [2.45, 2.75) is 0 Å². The van der Waals surface area contributed by atoms with E-state index < -0.39 is 0 Å². The molecule has 0 aliphatic carbocycles. The second-order valence-electron chi connectivity index (χ2n) is 3.88. The molecule has 17 heavy (non-hydrogen) atoms. The predicted molar refractivity (Wildman–Crippen MR) is 66.3 cm³/mol. The van der Waals surface area contributed by atoms with Gasteiger partial charge in [0.05, 0.1) is 5.39 Å². The summed E-state index contributed by atoms with van der Waals surface area (Å²) in [5, 5.41) is 2.64. The van der Waals surface area contributed by atoms with Crippen LogP contribution in [0.1, 0.15) is 0 Å². The summed E-state index contributed by atoms with van der Waals surface area (Å²) >= 11 is 5.95. The topological polar surface area (TPSA) is 39.2 Å². The number of hydrogen-bond donors (Lipinski definition) is 0. The lowest BCUT2D eigenvalue weighted by atomic mass is 10.1. The Hall–Kier alpha value is -2.00. The highest BCUT2D eigenvalue weighted by Crippen LogP contribution is 2.34. The Kier molecular flexibility index (Phi) is 1.61. The van der Waals surface area contributed by atoms with Gasteiger partial charge in [0.1, 0.15) is 16.7 Å². The lowest BCUT2D eigenvalue weighted by molar-refractivity contribution is 0.602. The summed E-state index contributed by atoms with van der Waals surface area (Å²) in [5.41, 5.74) is 3.14. The van der Waals surface area contributed by atoms with Crippen LogP contribution in [0.4, 0.5) is 0 Å². The summed E-state index contributed by atoms with van der Waals surface area (Å²) in [6, 6.07) is 9.34. The van der Waals surface area contributed by atoms with Gasteiger partial charge in [-0.05, 0) is 24.3 Å². The van der Waals surface area contributed by atoms with Gasteiger partial charge in [-0.2, -0.15) is 0 Å². The Morgan fingerprint density at radius 3 is 2.82 bits per heavy atom. The van der Waals surface area contributed by atoms with Crippen molar-refractivity contribution in [3.63, 3.8) is 0 Å². The molecule has 4 heteroatoms. The molecule has 0 aliphatic rings. The third kappa shape index (κ3) is 1.14. The molecule has 0 atom stereocenters. The van der Waals surface area contributed by atoms with E-state index >= 15 is 0 Å². The van der Waals surface area contributed by atoms with Crippen molar-refractivity contribution in [3.05, 3.63) is 41.7 Å². The minimum absolute atomic E-state index is 0.660. The molecule has 2 aromatic heterocycles. The minimum Gasteiger partial charge on any atom is -0.456 e. The Morgan fingerprint density at radius 2 is 1.88 bits per heavy atom. The van der Waals surface area contributed by atoms with Gasteiger partial charge in [-0.15, -0.1) is 0 Å². The zero-order valence-electron chi connectivity index (χ0n) is 8.61. The van der Waals surface area contributed by atoms with E-state index in [1.165, 1.54) is 6.39 Å². The maximum absolute atomic E-state index is 5.95. The van der Waals surface area contributed by atoms with Crippen LogP contribution in [0.3, 0.4) is 0 Å². The molecule has 0 bridgehead atoms. The normalized spacial score (nSPS) is 11.8. The number of aromatic nitrogens is 1. The molecule has 2 aromatic carbocycles. The molecule has 0 aliphatic heterocycles. The first kappa shape index (κ1) is 9.07. The molecule has 82 valence electrons. The Bertz CT molecular complexity index is 860. The van der Waals surface area contributed by atoms with Crippen LogP contribution in [0.2, 0.25) is 5.02 Å². The molecule has 0 amide bonds. The van der Waals surface area contributed by atoms with Crippen LogP contribution in [-0.4, -0.2) is 4.98 Å². The highest BCUT2D eigenvalue weighted by molar-refractivity contribution is 6.31. The number of nitrogens with zero attached hydrogens (tertiary/aromatic N) is 1. The van der Waals surface area contributed by atoms with E-state index in [0.717, 1.165) is 33.0 Å². The number of furan rings is 1. The largest absolute Gasteiger partial charge is 0.456 e. The number of halogens is 1. The van der Waals surface area contributed by atoms with Gasteiger partial charge in [-0.25, -0.2) is 4.98 Å².